The first kappa shape index (κ1) is 21.5. The summed E-state index contributed by atoms with van der Waals surface area (Å²) in [7, 11) is 0. The topological polar surface area (TPSA) is 75.2 Å². The third kappa shape index (κ3) is 4.57. The number of fused-ring (bicyclic) bond motifs is 1. The molecule has 1 N–H and O–H groups in total. The third-order valence-corrected chi connectivity index (χ3v) is 8.58. The minimum absolute atomic E-state index is 0.191. The maximum Gasteiger partial charge on any atom is 0.275 e. The second-order valence-corrected chi connectivity index (χ2v) is 11.0. The molecule has 5 rings (SSSR count). The number of piperidine rings is 1. The minimum Gasteiger partial charge on any atom is -0.342 e. The number of carbonyl (C=O) groups is 2. The largest absolute Gasteiger partial charge is 0.342 e. The molecule has 6 nitrogen and oxygen atoms in total. The Morgan fingerprint density at radius 3 is 2.62 bits per heavy atom. The van der Waals surface area contributed by atoms with Gasteiger partial charge in [0, 0.05) is 36.0 Å². The smallest absolute Gasteiger partial charge is 0.275 e. The van der Waals surface area contributed by atoms with E-state index in [1.165, 1.54) is 19.3 Å². The number of nitrogens with one attached hydrogen (secondary N) is 1. The molecule has 3 aromatic rings. The van der Waals surface area contributed by atoms with Gasteiger partial charge in [0.25, 0.3) is 5.91 Å². The number of nitrogens with zero attached hydrogens (tertiary/aromatic N) is 3. The highest BCUT2D eigenvalue weighted by Gasteiger charge is 2.30. The number of aryl methyl sites for hydroxylation is 1. The van der Waals surface area contributed by atoms with E-state index in [4.69, 9.17) is 0 Å². The van der Waals surface area contributed by atoms with Crippen LogP contribution >= 0.6 is 22.7 Å². The van der Waals surface area contributed by atoms with Gasteiger partial charge in [-0.3, -0.25) is 9.59 Å². The number of hydrogen-bond acceptors (Lipinski definition) is 6. The summed E-state index contributed by atoms with van der Waals surface area (Å²) in [6.07, 6.45) is 7.60. The van der Waals surface area contributed by atoms with Gasteiger partial charge in [0.1, 0.15) is 5.69 Å². The van der Waals surface area contributed by atoms with Gasteiger partial charge in [-0.05, 0) is 50.8 Å². The van der Waals surface area contributed by atoms with E-state index in [0.29, 0.717) is 17.5 Å². The summed E-state index contributed by atoms with van der Waals surface area (Å²) in [5, 5.41) is 6.81. The summed E-state index contributed by atoms with van der Waals surface area (Å²) in [6.45, 7) is 3.58. The minimum atomic E-state index is -0.191. The molecule has 2 amide bonds. The fourth-order valence-corrected chi connectivity index (χ4v) is 6.63. The highest BCUT2D eigenvalue weighted by atomic mass is 32.1. The molecule has 1 aliphatic carbocycles. The predicted octanol–water partition coefficient (Wildman–Crippen LogP) is 5.60. The molecule has 1 saturated carbocycles. The quantitative estimate of drug-likeness (QED) is 0.541. The van der Waals surface area contributed by atoms with Crippen LogP contribution in [0.1, 0.15) is 71.4 Å². The Morgan fingerprint density at radius 2 is 1.84 bits per heavy atom. The number of anilines is 1. The summed E-state index contributed by atoms with van der Waals surface area (Å²) in [6, 6.07) is 5.80. The second kappa shape index (κ2) is 9.27. The average molecular weight is 469 g/mol. The van der Waals surface area contributed by atoms with Crippen molar-refractivity contribution in [2.75, 3.05) is 18.4 Å². The van der Waals surface area contributed by atoms with Crippen LogP contribution in [0.15, 0.2) is 23.6 Å². The van der Waals surface area contributed by atoms with Crippen molar-refractivity contribution in [2.45, 2.75) is 57.8 Å². The van der Waals surface area contributed by atoms with Gasteiger partial charge < -0.3 is 10.2 Å². The van der Waals surface area contributed by atoms with Crippen molar-refractivity contribution >= 4 is 50.4 Å². The Kier molecular flexibility index (Phi) is 6.24. The number of hydrogen-bond donors (Lipinski definition) is 1. The van der Waals surface area contributed by atoms with Gasteiger partial charge in [-0.15, -0.1) is 22.7 Å². The van der Waals surface area contributed by atoms with Gasteiger partial charge in [0.2, 0.25) is 5.91 Å². The lowest BCUT2D eigenvalue weighted by Crippen LogP contribution is -2.41. The molecule has 0 spiro atoms. The molecule has 0 bridgehead atoms. The highest BCUT2D eigenvalue weighted by molar-refractivity contribution is 7.18. The number of amides is 2. The summed E-state index contributed by atoms with van der Waals surface area (Å²) in [5.74, 6) is 0.729. The van der Waals surface area contributed by atoms with Crippen molar-refractivity contribution in [3.63, 3.8) is 0 Å². The van der Waals surface area contributed by atoms with E-state index in [-0.39, 0.29) is 11.8 Å². The molecule has 1 aliphatic heterocycles. The second-order valence-electron chi connectivity index (χ2n) is 8.87. The first-order chi connectivity index (χ1) is 15.6. The number of thiazole rings is 2. The van der Waals surface area contributed by atoms with Gasteiger partial charge in [0.05, 0.1) is 20.2 Å². The normalized spacial score (nSPS) is 18.2. The third-order valence-electron chi connectivity index (χ3n) is 6.62. The van der Waals surface area contributed by atoms with Gasteiger partial charge in [-0.2, -0.15) is 0 Å². The molecule has 1 saturated heterocycles. The predicted molar refractivity (Wildman–Crippen MR) is 130 cm³/mol. The van der Waals surface area contributed by atoms with Gasteiger partial charge in [0.15, 0.2) is 0 Å². The molecule has 1 aromatic carbocycles. The SMILES string of the molecule is Cc1nc2cc(NC(=O)c3csc(C4CCN(C(=O)C5CCCCC5)CC4)n3)ccc2s1. The highest BCUT2D eigenvalue weighted by Crippen LogP contribution is 2.33. The maximum absolute atomic E-state index is 12.8. The van der Waals surface area contributed by atoms with Crippen molar-refractivity contribution in [1.82, 2.24) is 14.9 Å². The summed E-state index contributed by atoms with van der Waals surface area (Å²) in [4.78, 5) is 36.7. The molecule has 3 heterocycles. The van der Waals surface area contributed by atoms with Crippen LogP contribution in [-0.4, -0.2) is 39.8 Å². The summed E-state index contributed by atoms with van der Waals surface area (Å²) < 4.78 is 1.12. The zero-order chi connectivity index (χ0) is 22.1. The molecule has 2 fully saturated rings. The molecule has 2 aromatic heterocycles. The summed E-state index contributed by atoms with van der Waals surface area (Å²) >= 11 is 3.20. The Bertz CT molecular complexity index is 1120. The van der Waals surface area contributed by atoms with E-state index in [0.717, 1.165) is 64.7 Å². The van der Waals surface area contributed by atoms with Crippen LogP contribution in [0.2, 0.25) is 0 Å². The van der Waals surface area contributed by atoms with Crippen molar-refractivity contribution in [3.8, 4) is 0 Å². The lowest BCUT2D eigenvalue weighted by Gasteiger charge is -2.34. The van der Waals surface area contributed by atoms with E-state index in [1.54, 1.807) is 22.7 Å². The van der Waals surface area contributed by atoms with Crippen molar-refractivity contribution < 1.29 is 9.59 Å². The van der Waals surface area contributed by atoms with E-state index in [1.807, 2.05) is 30.5 Å². The molecular weight excluding hydrogens is 440 g/mol. The van der Waals surface area contributed by atoms with Crippen molar-refractivity contribution in [3.05, 3.63) is 39.3 Å². The average Bonchev–Trinajstić information content (AvgIpc) is 3.45. The van der Waals surface area contributed by atoms with Crippen LogP contribution in [0.5, 0.6) is 0 Å². The van der Waals surface area contributed by atoms with Gasteiger partial charge in [-0.1, -0.05) is 19.3 Å². The van der Waals surface area contributed by atoms with Crippen molar-refractivity contribution in [2.24, 2.45) is 5.92 Å². The van der Waals surface area contributed by atoms with Crippen LogP contribution < -0.4 is 5.32 Å². The Balaban J connectivity index is 1.18. The lowest BCUT2D eigenvalue weighted by atomic mass is 9.87. The van der Waals surface area contributed by atoms with E-state index < -0.39 is 0 Å². The van der Waals surface area contributed by atoms with E-state index in [2.05, 4.69) is 20.2 Å². The van der Waals surface area contributed by atoms with Crippen LogP contribution in [0.4, 0.5) is 5.69 Å². The zero-order valence-corrected chi connectivity index (χ0v) is 19.9. The summed E-state index contributed by atoms with van der Waals surface area (Å²) in [5.41, 5.74) is 2.09. The fourth-order valence-electron chi connectivity index (χ4n) is 4.85. The zero-order valence-electron chi connectivity index (χ0n) is 18.3. The number of rotatable bonds is 4. The number of benzene rings is 1. The number of likely N-dealkylation sites (tertiary alicyclic amines) is 1. The van der Waals surface area contributed by atoms with E-state index in [9.17, 15) is 9.59 Å². The molecular formula is C24H28N4O2S2. The molecule has 0 radical (unpaired) electrons. The van der Waals surface area contributed by atoms with Gasteiger partial charge >= 0.3 is 0 Å². The fraction of sp³-hybridized carbons (Fsp3) is 0.500. The maximum atomic E-state index is 12.8. The van der Waals surface area contributed by atoms with Gasteiger partial charge in [-0.25, -0.2) is 9.97 Å². The van der Waals surface area contributed by atoms with E-state index >= 15 is 0 Å². The molecule has 8 heteroatoms. The Morgan fingerprint density at radius 1 is 1.06 bits per heavy atom. The van der Waals surface area contributed by atoms with Crippen LogP contribution in [0.3, 0.4) is 0 Å². The van der Waals surface area contributed by atoms with Crippen LogP contribution in [0.25, 0.3) is 10.2 Å². The van der Waals surface area contributed by atoms with Crippen LogP contribution in [-0.2, 0) is 4.79 Å². The monoisotopic (exact) mass is 468 g/mol. The van der Waals surface area contributed by atoms with Crippen molar-refractivity contribution in [1.29, 1.82) is 0 Å². The Hall–Kier alpha value is -2.32. The first-order valence-corrected chi connectivity index (χ1v) is 13.2. The first-order valence-electron chi connectivity index (χ1n) is 11.5. The molecule has 168 valence electrons. The standard InChI is InChI=1S/C24H28N4O2S2/c1-15-25-19-13-18(7-8-21(19)32-15)26-22(29)20-14-31-23(27-20)16-9-11-28(12-10-16)24(30)17-5-3-2-4-6-17/h7-8,13-14,16-17H,2-6,9-12H2,1H3,(H,26,29). The molecule has 0 atom stereocenters. The molecule has 0 unspecified atom stereocenters. The molecule has 32 heavy (non-hydrogen) atoms. The lowest BCUT2D eigenvalue weighted by molar-refractivity contribution is -0.137. The number of carbonyl (C=O) groups excluding carboxylic acids is 2. The number of aromatic nitrogens is 2. The Labute approximate surface area is 196 Å². The molecule has 2 aliphatic rings. The van der Waals surface area contributed by atoms with Crippen LogP contribution in [0, 0.1) is 12.8 Å².